The van der Waals surface area contributed by atoms with E-state index >= 15 is 0 Å². The third-order valence-electron chi connectivity index (χ3n) is 2.70. The minimum Gasteiger partial charge on any atom is -0.320 e. The van der Waals surface area contributed by atoms with Crippen molar-refractivity contribution in [2.75, 3.05) is 0 Å². The van der Waals surface area contributed by atoms with Gasteiger partial charge in [-0.3, -0.25) is 4.68 Å². The molecule has 1 atom stereocenters. The first kappa shape index (κ1) is 12.6. The molecule has 0 saturated carbocycles. The zero-order valence-corrected chi connectivity index (χ0v) is 9.70. The van der Waals surface area contributed by atoms with Gasteiger partial charge in [-0.1, -0.05) is 0 Å². The second kappa shape index (κ2) is 4.81. The summed E-state index contributed by atoms with van der Waals surface area (Å²) in [6, 6.07) is 1.05. The summed E-state index contributed by atoms with van der Waals surface area (Å²) in [4.78, 5) is 0. The zero-order valence-electron chi connectivity index (χ0n) is 9.70. The Morgan fingerprint density at radius 2 is 1.83 bits per heavy atom. The van der Waals surface area contributed by atoms with Crippen LogP contribution in [0.15, 0.2) is 24.5 Å². The van der Waals surface area contributed by atoms with Gasteiger partial charge in [0.2, 0.25) is 0 Å². The maximum atomic E-state index is 13.1. The van der Waals surface area contributed by atoms with Gasteiger partial charge in [-0.25, -0.2) is 13.2 Å². The molecule has 2 N–H and O–H groups in total. The lowest BCUT2D eigenvalue weighted by molar-refractivity contribution is 0.444. The number of hydrogen-bond donors (Lipinski definition) is 1. The fraction of sp³-hybridized carbons (Fsp3) is 0.250. The first-order valence-electron chi connectivity index (χ1n) is 5.45. The van der Waals surface area contributed by atoms with Crippen LogP contribution in [-0.2, 0) is 6.54 Å². The van der Waals surface area contributed by atoms with Crippen LogP contribution < -0.4 is 5.73 Å². The molecule has 0 spiro atoms. The van der Waals surface area contributed by atoms with E-state index in [-0.39, 0.29) is 5.56 Å². The Kier molecular flexibility index (Phi) is 3.38. The molecule has 0 bridgehead atoms. The molecule has 1 aromatic carbocycles. The van der Waals surface area contributed by atoms with E-state index in [4.69, 9.17) is 5.73 Å². The monoisotopic (exact) mass is 255 g/mol. The fourth-order valence-corrected chi connectivity index (χ4v) is 1.66. The Labute approximate surface area is 102 Å². The van der Waals surface area contributed by atoms with Crippen molar-refractivity contribution in [2.24, 2.45) is 5.73 Å². The van der Waals surface area contributed by atoms with Gasteiger partial charge in [-0.15, -0.1) is 0 Å². The van der Waals surface area contributed by atoms with Crippen molar-refractivity contribution in [3.05, 3.63) is 53.1 Å². The van der Waals surface area contributed by atoms with Crippen molar-refractivity contribution in [2.45, 2.75) is 19.5 Å². The molecule has 6 heteroatoms. The van der Waals surface area contributed by atoms with Crippen LogP contribution in [0.4, 0.5) is 13.2 Å². The molecule has 2 rings (SSSR count). The lowest BCUT2D eigenvalue weighted by Crippen LogP contribution is -2.12. The van der Waals surface area contributed by atoms with Crippen molar-refractivity contribution >= 4 is 0 Å². The van der Waals surface area contributed by atoms with Crippen LogP contribution in [0.3, 0.4) is 0 Å². The number of benzene rings is 1. The van der Waals surface area contributed by atoms with Crippen LogP contribution in [0, 0.1) is 17.5 Å². The number of halogens is 3. The SMILES string of the molecule is CCn1cc(C(N)c2cc(F)c(F)c(F)c2)cn1. The molecule has 3 nitrogen and oxygen atoms in total. The zero-order chi connectivity index (χ0) is 13.3. The summed E-state index contributed by atoms with van der Waals surface area (Å²) in [5, 5.41) is 4.02. The Morgan fingerprint density at radius 1 is 1.22 bits per heavy atom. The normalized spacial score (nSPS) is 12.7. The van der Waals surface area contributed by atoms with E-state index < -0.39 is 23.5 Å². The van der Waals surface area contributed by atoms with E-state index in [1.807, 2.05) is 6.92 Å². The van der Waals surface area contributed by atoms with E-state index in [0.29, 0.717) is 12.1 Å². The van der Waals surface area contributed by atoms with E-state index in [1.165, 1.54) is 6.20 Å². The Hall–Kier alpha value is -1.82. The molecule has 2 aromatic rings. The standard InChI is InChI=1S/C12H12F3N3/c1-2-18-6-8(5-17-18)12(16)7-3-9(13)11(15)10(14)4-7/h3-6,12H,2,16H2,1H3. The number of rotatable bonds is 3. The van der Waals surface area contributed by atoms with Gasteiger partial charge in [-0.05, 0) is 24.6 Å². The highest BCUT2D eigenvalue weighted by molar-refractivity contribution is 5.30. The molecule has 96 valence electrons. The summed E-state index contributed by atoms with van der Waals surface area (Å²) >= 11 is 0. The van der Waals surface area contributed by atoms with E-state index in [2.05, 4.69) is 5.10 Å². The van der Waals surface area contributed by atoms with Crippen LogP contribution in [-0.4, -0.2) is 9.78 Å². The van der Waals surface area contributed by atoms with Crippen LogP contribution in [0.5, 0.6) is 0 Å². The van der Waals surface area contributed by atoms with E-state index in [0.717, 1.165) is 12.1 Å². The van der Waals surface area contributed by atoms with E-state index in [1.54, 1.807) is 10.9 Å². The Balaban J connectivity index is 2.36. The van der Waals surface area contributed by atoms with Crippen LogP contribution in [0.1, 0.15) is 24.1 Å². The summed E-state index contributed by atoms with van der Waals surface area (Å²) in [6.45, 7) is 2.57. The molecule has 1 heterocycles. The summed E-state index contributed by atoms with van der Waals surface area (Å²) in [7, 11) is 0. The average molecular weight is 255 g/mol. The van der Waals surface area contributed by atoms with Crippen molar-refractivity contribution in [3.63, 3.8) is 0 Å². The summed E-state index contributed by atoms with van der Waals surface area (Å²) < 4.78 is 40.7. The van der Waals surface area contributed by atoms with Crippen molar-refractivity contribution in [1.82, 2.24) is 9.78 Å². The van der Waals surface area contributed by atoms with Crippen molar-refractivity contribution in [3.8, 4) is 0 Å². The highest BCUT2D eigenvalue weighted by Gasteiger charge is 2.17. The van der Waals surface area contributed by atoms with Gasteiger partial charge in [0.25, 0.3) is 0 Å². The van der Waals surface area contributed by atoms with Gasteiger partial charge in [0.15, 0.2) is 17.5 Å². The number of nitrogens with zero attached hydrogens (tertiary/aromatic N) is 2. The highest BCUT2D eigenvalue weighted by Crippen LogP contribution is 2.22. The molecule has 18 heavy (non-hydrogen) atoms. The molecule has 0 aliphatic carbocycles. The third kappa shape index (κ3) is 2.24. The van der Waals surface area contributed by atoms with Gasteiger partial charge in [-0.2, -0.15) is 5.10 Å². The average Bonchev–Trinajstić information content (AvgIpc) is 2.83. The van der Waals surface area contributed by atoms with Gasteiger partial charge in [0.1, 0.15) is 0 Å². The predicted octanol–water partition coefficient (Wildman–Crippen LogP) is 2.37. The third-order valence-corrected chi connectivity index (χ3v) is 2.70. The second-order valence-electron chi connectivity index (χ2n) is 3.91. The van der Waals surface area contributed by atoms with Crippen LogP contribution in [0.25, 0.3) is 0 Å². The van der Waals surface area contributed by atoms with Crippen LogP contribution >= 0.6 is 0 Å². The lowest BCUT2D eigenvalue weighted by Gasteiger charge is -2.10. The summed E-state index contributed by atoms with van der Waals surface area (Å²) in [5.74, 6) is -3.98. The smallest absolute Gasteiger partial charge is 0.194 e. The molecule has 0 amide bonds. The fourth-order valence-electron chi connectivity index (χ4n) is 1.66. The Bertz CT molecular complexity index is 542. The van der Waals surface area contributed by atoms with Gasteiger partial charge < -0.3 is 5.73 Å². The molecule has 1 aromatic heterocycles. The molecule has 0 radical (unpaired) electrons. The van der Waals surface area contributed by atoms with Crippen LogP contribution in [0.2, 0.25) is 0 Å². The Morgan fingerprint density at radius 3 is 2.33 bits per heavy atom. The largest absolute Gasteiger partial charge is 0.320 e. The summed E-state index contributed by atoms with van der Waals surface area (Å²) in [5.41, 5.74) is 6.64. The van der Waals surface area contributed by atoms with Crippen molar-refractivity contribution < 1.29 is 13.2 Å². The number of nitrogens with two attached hydrogens (primary N) is 1. The number of aromatic nitrogens is 2. The minimum absolute atomic E-state index is 0.169. The second-order valence-corrected chi connectivity index (χ2v) is 3.91. The molecular formula is C12H12F3N3. The maximum absolute atomic E-state index is 13.1. The van der Waals surface area contributed by atoms with Gasteiger partial charge in [0.05, 0.1) is 12.2 Å². The predicted molar refractivity (Wildman–Crippen MR) is 60.2 cm³/mol. The molecule has 1 unspecified atom stereocenters. The van der Waals surface area contributed by atoms with E-state index in [9.17, 15) is 13.2 Å². The first-order chi connectivity index (χ1) is 8.52. The summed E-state index contributed by atoms with van der Waals surface area (Å²) in [6.07, 6.45) is 3.21. The topological polar surface area (TPSA) is 43.8 Å². The van der Waals surface area contributed by atoms with Crippen molar-refractivity contribution in [1.29, 1.82) is 0 Å². The first-order valence-corrected chi connectivity index (χ1v) is 5.45. The molecule has 0 saturated heterocycles. The van der Waals surface area contributed by atoms with Gasteiger partial charge in [0, 0.05) is 18.3 Å². The number of hydrogen-bond acceptors (Lipinski definition) is 2. The molecule has 0 aliphatic heterocycles. The van der Waals surface area contributed by atoms with Gasteiger partial charge >= 0.3 is 0 Å². The minimum atomic E-state index is -1.49. The highest BCUT2D eigenvalue weighted by atomic mass is 19.2. The molecule has 0 aliphatic rings. The maximum Gasteiger partial charge on any atom is 0.194 e. The quantitative estimate of drug-likeness (QED) is 0.856. The number of aryl methyl sites for hydroxylation is 1. The molecule has 0 fully saturated rings. The molecular weight excluding hydrogens is 243 g/mol. The lowest BCUT2D eigenvalue weighted by atomic mass is 10.0.